The van der Waals surface area contributed by atoms with Gasteiger partial charge in [-0.25, -0.2) is 9.37 Å². The lowest BCUT2D eigenvalue weighted by Gasteiger charge is -2.31. The number of nitrogens with one attached hydrogen (secondary N) is 1. The number of halogens is 1. The minimum atomic E-state index is -0.417. The summed E-state index contributed by atoms with van der Waals surface area (Å²) in [7, 11) is 0. The Morgan fingerprint density at radius 3 is 2.96 bits per heavy atom. The number of aromatic nitrogens is 2. The lowest BCUT2D eigenvalue weighted by Crippen LogP contribution is -2.36. The molecule has 3 rings (SSSR count). The molecule has 0 unspecified atom stereocenters. The summed E-state index contributed by atoms with van der Waals surface area (Å²) in [4.78, 5) is 22.9. The number of anilines is 2. The molecule has 2 aromatic rings. The third-order valence-corrected chi connectivity index (χ3v) is 4.39. The van der Waals surface area contributed by atoms with E-state index in [0.717, 1.165) is 19.5 Å². The molecule has 0 aliphatic carbocycles. The molecular formula is C18H22FN5O. The molecule has 1 aliphatic rings. The molecule has 1 saturated heterocycles. The van der Waals surface area contributed by atoms with Gasteiger partial charge in [0, 0.05) is 31.4 Å². The Balaban J connectivity index is 1.68. The normalized spacial score (nSPS) is 17.4. The Bertz CT molecular complexity index is 767. The smallest absolute Gasteiger partial charge is 0.256 e. The van der Waals surface area contributed by atoms with Gasteiger partial charge >= 0.3 is 0 Å². The van der Waals surface area contributed by atoms with Gasteiger partial charge in [0.2, 0.25) is 5.95 Å². The van der Waals surface area contributed by atoms with Crippen molar-refractivity contribution in [3.63, 3.8) is 0 Å². The third kappa shape index (κ3) is 4.04. The van der Waals surface area contributed by atoms with E-state index in [1.807, 2.05) is 0 Å². The first-order valence-electron chi connectivity index (χ1n) is 8.43. The summed E-state index contributed by atoms with van der Waals surface area (Å²) in [6.45, 7) is 4.05. The van der Waals surface area contributed by atoms with Gasteiger partial charge in [0.1, 0.15) is 11.6 Å². The van der Waals surface area contributed by atoms with Crippen LogP contribution in [-0.4, -0.2) is 29.0 Å². The fourth-order valence-electron chi connectivity index (χ4n) is 3.00. The van der Waals surface area contributed by atoms with Crippen LogP contribution in [0.1, 0.15) is 35.7 Å². The summed E-state index contributed by atoms with van der Waals surface area (Å²) < 4.78 is 13.6. The highest BCUT2D eigenvalue weighted by Gasteiger charge is 2.20. The van der Waals surface area contributed by atoms with Crippen LogP contribution in [0.3, 0.4) is 0 Å². The van der Waals surface area contributed by atoms with Crippen molar-refractivity contribution in [2.24, 2.45) is 5.92 Å². The van der Waals surface area contributed by atoms with Crippen LogP contribution in [0.4, 0.5) is 16.2 Å². The number of carbonyl (C=O) groups is 1. The molecule has 1 amide bonds. The van der Waals surface area contributed by atoms with Gasteiger partial charge in [0.15, 0.2) is 0 Å². The van der Waals surface area contributed by atoms with Crippen molar-refractivity contribution in [1.29, 1.82) is 0 Å². The van der Waals surface area contributed by atoms with Crippen molar-refractivity contribution in [1.82, 2.24) is 15.3 Å². The molecule has 25 heavy (non-hydrogen) atoms. The average Bonchev–Trinajstić information content (AvgIpc) is 2.60. The van der Waals surface area contributed by atoms with Gasteiger partial charge in [0.05, 0.1) is 5.56 Å². The van der Waals surface area contributed by atoms with Crippen molar-refractivity contribution in [2.45, 2.75) is 26.3 Å². The van der Waals surface area contributed by atoms with Crippen LogP contribution in [0.25, 0.3) is 0 Å². The topological polar surface area (TPSA) is 84.1 Å². The van der Waals surface area contributed by atoms with Crippen molar-refractivity contribution in [3.8, 4) is 0 Å². The molecular weight excluding hydrogens is 321 g/mol. The van der Waals surface area contributed by atoms with E-state index < -0.39 is 5.91 Å². The Hall–Kier alpha value is -2.70. The molecule has 7 heteroatoms. The number of benzene rings is 1. The number of nitrogen functional groups attached to an aromatic ring is 1. The molecule has 6 nitrogen and oxygen atoms in total. The number of rotatable bonds is 4. The number of nitrogens with two attached hydrogens (primary N) is 1. The Morgan fingerprint density at radius 1 is 1.44 bits per heavy atom. The zero-order valence-electron chi connectivity index (χ0n) is 14.2. The van der Waals surface area contributed by atoms with E-state index in [1.165, 1.54) is 18.7 Å². The quantitative estimate of drug-likeness (QED) is 0.890. The molecule has 2 heterocycles. The molecule has 1 aromatic carbocycles. The van der Waals surface area contributed by atoms with Crippen LogP contribution in [0.15, 0.2) is 30.5 Å². The predicted octanol–water partition coefficient (Wildman–Crippen LogP) is 2.36. The Labute approximate surface area is 146 Å². The zero-order valence-corrected chi connectivity index (χ0v) is 14.2. The van der Waals surface area contributed by atoms with Gasteiger partial charge < -0.3 is 16.0 Å². The van der Waals surface area contributed by atoms with Crippen molar-refractivity contribution in [3.05, 3.63) is 47.4 Å². The van der Waals surface area contributed by atoms with Crippen LogP contribution < -0.4 is 16.0 Å². The number of amides is 1. The maximum atomic E-state index is 13.6. The molecule has 0 spiro atoms. The van der Waals surface area contributed by atoms with E-state index in [2.05, 4.69) is 27.1 Å². The first-order chi connectivity index (χ1) is 12.0. The highest BCUT2D eigenvalue weighted by Crippen LogP contribution is 2.21. The average molecular weight is 343 g/mol. The number of hydrogen-bond acceptors (Lipinski definition) is 5. The SMILES string of the molecule is C[C@@H]1CCCN(c2ncc(C(=O)NCc3ccccc3F)c(N)n2)C1. The van der Waals surface area contributed by atoms with Gasteiger partial charge in [0.25, 0.3) is 5.91 Å². The fraction of sp³-hybridized carbons (Fsp3) is 0.389. The first-order valence-corrected chi connectivity index (χ1v) is 8.43. The standard InChI is InChI=1S/C18H22FN5O/c1-12-5-4-8-24(11-12)18-22-10-14(16(20)23-18)17(25)21-9-13-6-2-3-7-15(13)19/h2-3,6-7,10,12H,4-5,8-9,11H2,1H3,(H,21,25)(H2,20,22,23)/t12-/m1/s1. The van der Waals surface area contributed by atoms with E-state index in [1.54, 1.807) is 18.2 Å². The van der Waals surface area contributed by atoms with Gasteiger partial charge in [-0.15, -0.1) is 0 Å². The molecule has 0 bridgehead atoms. The van der Waals surface area contributed by atoms with Crippen molar-refractivity contribution < 1.29 is 9.18 Å². The van der Waals surface area contributed by atoms with E-state index in [-0.39, 0.29) is 23.7 Å². The van der Waals surface area contributed by atoms with Gasteiger partial charge in [-0.1, -0.05) is 25.1 Å². The fourth-order valence-corrected chi connectivity index (χ4v) is 3.00. The largest absolute Gasteiger partial charge is 0.383 e. The summed E-state index contributed by atoms with van der Waals surface area (Å²) >= 11 is 0. The van der Waals surface area contributed by atoms with E-state index in [9.17, 15) is 9.18 Å². The van der Waals surface area contributed by atoms with E-state index in [4.69, 9.17) is 5.73 Å². The zero-order chi connectivity index (χ0) is 17.8. The molecule has 1 atom stereocenters. The minimum absolute atomic E-state index is 0.0797. The van der Waals surface area contributed by atoms with E-state index >= 15 is 0 Å². The molecule has 1 aromatic heterocycles. The summed E-state index contributed by atoms with van der Waals surface area (Å²) in [6.07, 6.45) is 3.73. The molecule has 1 aliphatic heterocycles. The Kier molecular flexibility index (Phi) is 5.11. The summed E-state index contributed by atoms with van der Waals surface area (Å²) in [5.74, 6) is 0.493. The number of carbonyl (C=O) groups excluding carboxylic acids is 1. The molecule has 1 fully saturated rings. The summed E-state index contributed by atoms with van der Waals surface area (Å²) in [5.41, 5.74) is 6.56. The number of hydrogen-bond donors (Lipinski definition) is 2. The maximum Gasteiger partial charge on any atom is 0.256 e. The van der Waals surface area contributed by atoms with Gasteiger partial charge in [-0.3, -0.25) is 4.79 Å². The highest BCUT2D eigenvalue weighted by atomic mass is 19.1. The van der Waals surface area contributed by atoms with Crippen LogP contribution in [0.2, 0.25) is 0 Å². The predicted molar refractivity (Wildman–Crippen MR) is 94.6 cm³/mol. The highest BCUT2D eigenvalue weighted by molar-refractivity contribution is 5.98. The number of nitrogens with zero attached hydrogens (tertiary/aromatic N) is 3. The molecule has 132 valence electrons. The second kappa shape index (κ2) is 7.46. The van der Waals surface area contributed by atoms with Crippen LogP contribution in [-0.2, 0) is 6.54 Å². The van der Waals surface area contributed by atoms with Crippen LogP contribution in [0.5, 0.6) is 0 Å². The Morgan fingerprint density at radius 2 is 2.24 bits per heavy atom. The first kappa shape index (κ1) is 17.1. The van der Waals surface area contributed by atoms with Crippen molar-refractivity contribution in [2.75, 3.05) is 23.7 Å². The number of piperidine rings is 1. The van der Waals surface area contributed by atoms with E-state index in [0.29, 0.717) is 17.4 Å². The summed E-state index contributed by atoms with van der Waals surface area (Å²) in [5, 5.41) is 2.65. The minimum Gasteiger partial charge on any atom is -0.383 e. The molecule has 0 saturated carbocycles. The molecule has 0 radical (unpaired) electrons. The lowest BCUT2D eigenvalue weighted by atomic mass is 10.0. The molecule has 3 N–H and O–H groups in total. The second-order valence-electron chi connectivity index (χ2n) is 6.44. The van der Waals surface area contributed by atoms with Gasteiger partial charge in [-0.05, 0) is 24.8 Å². The van der Waals surface area contributed by atoms with Crippen molar-refractivity contribution >= 4 is 17.7 Å². The maximum absolute atomic E-state index is 13.6. The van der Waals surface area contributed by atoms with Gasteiger partial charge in [-0.2, -0.15) is 4.98 Å². The third-order valence-electron chi connectivity index (χ3n) is 4.39. The lowest BCUT2D eigenvalue weighted by molar-refractivity contribution is 0.0951. The second-order valence-corrected chi connectivity index (χ2v) is 6.44. The van der Waals surface area contributed by atoms with Crippen LogP contribution in [0, 0.1) is 11.7 Å². The van der Waals surface area contributed by atoms with Crippen LogP contribution >= 0.6 is 0 Å². The summed E-state index contributed by atoms with van der Waals surface area (Å²) in [6, 6.07) is 6.30. The monoisotopic (exact) mass is 343 g/mol.